The Labute approximate surface area is 797 Å². The number of anilines is 3. The maximum absolute atomic E-state index is 13.0. The van der Waals surface area contributed by atoms with Crippen LogP contribution in [0.5, 0.6) is 0 Å². The lowest BCUT2D eigenvalue weighted by Crippen LogP contribution is -2.53. The zero-order valence-electron chi connectivity index (χ0n) is 81.9. The van der Waals surface area contributed by atoms with Gasteiger partial charge in [0.2, 0.25) is 0 Å². The smallest absolute Gasteiger partial charge is 0.373 e. The van der Waals surface area contributed by atoms with Gasteiger partial charge in [-0.2, -0.15) is 28.8 Å². The van der Waals surface area contributed by atoms with E-state index in [-0.39, 0.29) is 103 Å². The van der Waals surface area contributed by atoms with Crippen LogP contribution in [0.4, 0.5) is 41.0 Å². The summed E-state index contributed by atoms with van der Waals surface area (Å²) >= 11 is 4.45. The highest BCUT2D eigenvalue weighted by Crippen LogP contribution is 2.28. The van der Waals surface area contributed by atoms with Gasteiger partial charge in [0.25, 0.3) is 0 Å². The van der Waals surface area contributed by atoms with Crippen LogP contribution in [0.2, 0.25) is 0 Å². The minimum absolute atomic E-state index is 0.0132. The van der Waals surface area contributed by atoms with Crippen molar-refractivity contribution < 1.29 is 110 Å². The average molecular weight is 2060 g/mol. The molecule has 0 aliphatic heterocycles. The van der Waals surface area contributed by atoms with Crippen molar-refractivity contribution in [3.8, 4) is 0 Å². The second-order valence-electron chi connectivity index (χ2n) is 39.5. The molecule has 3 aromatic carbocycles. The second-order valence-corrected chi connectivity index (χ2v) is 41.9. The van der Waals surface area contributed by atoms with Gasteiger partial charge < -0.3 is 93.1 Å². The van der Waals surface area contributed by atoms with E-state index < -0.39 is 106 Å². The highest BCUT2D eigenvalue weighted by Gasteiger charge is 2.36. The number of nitrogens with two attached hydrogens (primary N) is 2. The Morgan fingerprint density at radius 1 is 0.323 bits per heavy atom. The Hall–Kier alpha value is -9.81. The van der Waals surface area contributed by atoms with Crippen molar-refractivity contribution in [1.82, 2.24) is 42.5 Å². The van der Waals surface area contributed by atoms with Crippen LogP contribution in [0.3, 0.4) is 0 Å². The van der Waals surface area contributed by atoms with Crippen LogP contribution in [0.25, 0.3) is 0 Å². The van der Waals surface area contributed by atoms with Crippen molar-refractivity contribution in [2.75, 3.05) is 36.0 Å². The lowest BCUT2D eigenvalue weighted by molar-refractivity contribution is -0.193. The minimum Gasteiger partial charge on any atom is -0.460 e. The summed E-state index contributed by atoms with van der Waals surface area (Å²) in [6.07, 6.45) is 7.72. The molecular formula is C93H152I2N12O23. The number of carbonyl (C=O) groups is 11. The third-order valence-corrected chi connectivity index (χ3v) is 18.3. The van der Waals surface area contributed by atoms with Crippen molar-refractivity contribution >= 4 is 147 Å². The molecule has 3 aromatic rings. The fourth-order valence-corrected chi connectivity index (χ4v) is 11.6. The lowest BCUT2D eigenvalue weighted by Gasteiger charge is -2.32. The van der Waals surface area contributed by atoms with Crippen molar-refractivity contribution in [2.45, 2.75) is 360 Å². The van der Waals surface area contributed by atoms with Crippen LogP contribution >= 0.6 is 45.2 Å². The van der Waals surface area contributed by atoms with Gasteiger partial charge in [-0.15, -0.1) is 0 Å². The molecule has 0 spiro atoms. The fourth-order valence-electron chi connectivity index (χ4n) is 10.9. The SMILES string of the molecule is CC(C)(C)OC(=O)CC[C@H](NC(=O)N[C@@H](CCCCN)C(C)(C)C)C(=O)OC(C)(C)C.CC(C)(C)OC(=O)CC[C@H](NC(=O)N[C@@H](CCCCNC(=O)Nc1ccc(I)cc1)C(C)(C)C)C(=O)OC(C)(C)C.Cc1ccc(NC(=O)NCCCC[C@H](NC(=O)N[C@@H](CCC(=O)OC(C)(C)C)C(=O)OC(C)(C)C)C(C)(C)C)cc1.Nc1ccc(I)cc1.O=C=O.O=C=O.O=C=O. The van der Waals surface area contributed by atoms with Crippen LogP contribution in [-0.2, 0) is 86.0 Å². The highest BCUT2D eigenvalue weighted by molar-refractivity contribution is 14.1. The molecule has 10 amide bonds. The Morgan fingerprint density at radius 3 is 0.777 bits per heavy atom. The van der Waals surface area contributed by atoms with Crippen LogP contribution < -0.4 is 64.6 Å². The largest absolute Gasteiger partial charge is 0.460 e. The number of hydrogen-bond acceptors (Lipinski definition) is 25. The van der Waals surface area contributed by atoms with Gasteiger partial charge in [-0.05, 0) is 331 Å². The van der Waals surface area contributed by atoms with E-state index in [9.17, 15) is 52.7 Å². The second kappa shape index (κ2) is 63.3. The summed E-state index contributed by atoms with van der Waals surface area (Å²) in [7, 11) is 0. The normalized spacial score (nSPS) is 12.6. The number of nitrogens with one attached hydrogen (secondary N) is 10. The number of unbranched alkanes of at least 4 members (excludes halogenated alkanes) is 3. The van der Waals surface area contributed by atoms with Gasteiger partial charge in [-0.1, -0.05) is 86.4 Å². The lowest BCUT2D eigenvalue weighted by atomic mass is 9.84. The van der Waals surface area contributed by atoms with E-state index in [2.05, 4.69) is 98.3 Å². The van der Waals surface area contributed by atoms with E-state index in [1.54, 1.807) is 125 Å². The molecule has 0 aliphatic carbocycles. The number of benzene rings is 3. The molecule has 35 nitrogen and oxygen atoms in total. The number of halogens is 2. The summed E-state index contributed by atoms with van der Waals surface area (Å²) in [6.45, 7) is 53.5. The predicted molar refractivity (Wildman–Crippen MR) is 512 cm³/mol. The van der Waals surface area contributed by atoms with E-state index in [4.69, 9.17) is 68.7 Å². The summed E-state index contributed by atoms with van der Waals surface area (Å²) in [6, 6.07) is 17.3. The minimum atomic E-state index is -1.02. The standard InChI is InChI=1S/C31H52N4O6.C30H49IN4O6.C23H45N3O5.C6H6IN.3CO2/c1-21-14-16-22(17-15-21)33-27(38)32-20-12-11-13-24(29(2,3)4)35-28(39)34-23(26(37)41-31(8,9)10)18-19-25(36)40-30(5,6)7;1-28(2,3)23(12-10-11-19-32-26(38)33-21-15-13-20(31)14-16-21)35-27(39)34-22(25(37)41-30(7,8)9)17-18-24(36)40-29(4,5)6;1-21(2,3)17(12-10-11-15-24)26-20(29)25-16(19(28)31-23(7,8)9)13-14-18(27)30-22(4,5)6;7-5-1-3-6(8)4-2-5;3*2-1-3/h14-17,23-24H,11-13,18-20H2,1-10H3,(H2,32,33,38)(H2,34,35,39);13-16,22-23H,10-12,17-19H2,1-9H3,(H2,32,33,38)(H2,34,35,39);16-17H,10-15,24H2,1-9H3,(H2,25,26,29);1-4H,8H2;;;/t23-,24-;22-,23-;16-,17-;;;;/m000..../s1. The number of hydrogen-bond donors (Lipinski definition) is 12. The fraction of sp³-hybridized carbons (Fsp3) is 0.656. The van der Waals surface area contributed by atoms with Gasteiger partial charge in [0.1, 0.15) is 51.7 Å². The Balaban J connectivity index is -0.000000842. The Bertz CT molecular complexity index is 3760. The van der Waals surface area contributed by atoms with Gasteiger partial charge >= 0.3 is 84.4 Å². The molecule has 130 heavy (non-hydrogen) atoms. The molecule has 6 atom stereocenters. The first-order chi connectivity index (χ1) is 59.5. The van der Waals surface area contributed by atoms with E-state index >= 15 is 0 Å². The summed E-state index contributed by atoms with van der Waals surface area (Å²) < 4.78 is 34.7. The summed E-state index contributed by atoms with van der Waals surface area (Å²) in [5.74, 6) is -3.15. The first-order valence-electron chi connectivity index (χ1n) is 43.1. The number of esters is 6. The van der Waals surface area contributed by atoms with Crippen molar-refractivity contribution in [2.24, 2.45) is 22.0 Å². The maximum atomic E-state index is 13.0. The van der Waals surface area contributed by atoms with Crippen LogP contribution in [-0.4, -0.2) is 174 Å². The number of nitrogen functional groups attached to an aromatic ring is 1. The van der Waals surface area contributed by atoms with Crippen LogP contribution in [0.1, 0.15) is 289 Å². The Kier molecular flexibility index (Phi) is 61.6. The number of urea groups is 5. The predicted octanol–water partition coefficient (Wildman–Crippen LogP) is 15.7. The van der Waals surface area contributed by atoms with E-state index in [1.165, 1.54) is 3.57 Å². The van der Waals surface area contributed by atoms with Gasteiger partial charge in [-0.25, -0.2) is 38.4 Å². The first kappa shape index (κ1) is 126. The number of rotatable bonds is 34. The molecular weight excluding hydrogens is 1910 g/mol. The molecule has 0 saturated heterocycles. The zero-order valence-corrected chi connectivity index (χ0v) is 86.2. The molecule has 0 saturated carbocycles. The molecule has 0 unspecified atom stereocenters. The summed E-state index contributed by atoms with van der Waals surface area (Å²) in [5, 5.41) is 28.4. The Morgan fingerprint density at radius 2 is 0.554 bits per heavy atom. The number of aryl methyl sites for hydroxylation is 1. The molecule has 37 heteroatoms. The van der Waals surface area contributed by atoms with E-state index in [0.717, 1.165) is 71.1 Å². The molecule has 736 valence electrons. The van der Waals surface area contributed by atoms with Crippen LogP contribution in [0, 0.1) is 30.3 Å². The first-order valence-corrected chi connectivity index (χ1v) is 45.3. The zero-order chi connectivity index (χ0) is 101. The van der Waals surface area contributed by atoms with Crippen molar-refractivity contribution in [3.63, 3.8) is 0 Å². The molecule has 0 radical (unpaired) electrons. The van der Waals surface area contributed by atoms with Crippen molar-refractivity contribution in [1.29, 1.82) is 0 Å². The maximum Gasteiger partial charge on any atom is 0.373 e. The average Bonchev–Trinajstić information content (AvgIpc) is 0.905. The topological polar surface area (TPSA) is 518 Å². The summed E-state index contributed by atoms with van der Waals surface area (Å²) in [5.41, 5.74) is 9.59. The van der Waals surface area contributed by atoms with E-state index in [1.807, 2.05) is 142 Å². The molecule has 0 heterocycles. The molecule has 0 aromatic heterocycles. The number of carbonyl (C=O) groups excluding carboxylic acids is 17. The summed E-state index contributed by atoms with van der Waals surface area (Å²) in [4.78, 5) is 187. The van der Waals surface area contributed by atoms with Gasteiger partial charge in [0.05, 0.1) is 0 Å². The molecule has 14 N–H and O–H groups in total. The quantitative estimate of drug-likeness (QED) is 0.00868. The van der Waals surface area contributed by atoms with Gasteiger partial charge in [-0.3, -0.25) is 14.4 Å². The molecule has 0 bridgehead atoms. The molecule has 0 fully saturated rings. The van der Waals surface area contributed by atoms with Crippen LogP contribution in [0.15, 0.2) is 72.8 Å². The number of amides is 10. The highest BCUT2D eigenvalue weighted by atomic mass is 127. The third-order valence-electron chi connectivity index (χ3n) is 16.9. The van der Waals surface area contributed by atoms with E-state index in [0.29, 0.717) is 32.5 Å². The van der Waals surface area contributed by atoms with Crippen molar-refractivity contribution in [3.05, 3.63) is 85.5 Å². The van der Waals surface area contributed by atoms with Gasteiger partial charge in [0, 0.05) is 74.7 Å². The third kappa shape index (κ3) is 73.9. The number of ether oxygens (including phenoxy) is 6. The molecule has 3 rings (SSSR count). The van der Waals surface area contributed by atoms with Gasteiger partial charge in [0.15, 0.2) is 0 Å². The monoisotopic (exact) mass is 2060 g/mol. The molecule has 0 aliphatic rings.